The Hall–Kier alpha value is -2.64. The van der Waals surface area contributed by atoms with Crippen LogP contribution >= 0.6 is 0 Å². The van der Waals surface area contributed by atoms with Gasteiger partial charge in [-0.1, -0.05) is 11.2 Å². The molecule has 1 fully saturated rings. The van der Waals surface area contributed by atoms with Gasteiger partial charge in [-0.15, -0.1) is 0 Å². The van der Waals surface area contributed by atoms with Gasteiger partial charge >= 0.3 is 6.03 Å². The zero-order valence-corrected chi connectivity index (χ0v) is 13.9. The number of ether oxygens (including phenoxy) is 1. The van der Waals surface area contributed by atoms with E-state index in [0.29, 0.717) is 37.2 Å². The van der Waals surface area contributed by atoms with Gasteiger partial charge in [0, 0.05) is 25.1 Å². The molecule has 0 aromatic carbocycles. The summed E-state index contributed by atoms with van der Waals surface area (Å²) >= 11 is 0. The number of carbonyl (C=O) groups excluding carboxylic acids is 1. The molecule has 2 amide bonds. The van der Waals surface area contributed by atoms with Gasteiger partial charge in [0.2, 0.25) is 11.8 Å². The quantitative estimate of drug-likeness (QED) is 0.919. The Balaban J connectivity index is 1.48. The number of likely N-dealkylation sites (tertiary alicyclic amines) is 1. The van der Waals surface area contributed by atoms with Crippen molar-refractivity contribution in [1.29, 1.82) is 0 Å². The molecule has 0 bridgehead atoms. The number of hydrogen-bond donors (Lipinski definition) is 1. The van der Waals surface area contributed by atoms with Crippen LogP contribution in [0.1, 0.15) is 36.2 Å². The molecule has 128 valence electrons. The molecule has 2 aromatic rings. The summed E-state index contributed by atoms with van der Waals surface area (Å²) in [6, 6.07) is 5.40. The first-order valence-electron chi connectivity index (χ1n) is 7.98. The van der Waals surface area contributed by atoms with Crippen molar-refractivity contribution in [1.82, 2.24) is 25.3 Å². The molecule has 1 aliphatic heterocycles. The smallest absolute Gasteiger partial charge is 0.317 e. The van der Waals surface area contributed by atoms with Gasteiger partial charge in [-0.05, 0) is 25.8 Å². The number of nitrogens with zero attached hydrogens (tertiary/aromatic N) is 4. The van der Waals surface area contributed by atoms with Crippen molar-refractivity contribution < 1.29 is 14.1 Å². The number of methoxy groups -OCH3 is 1. The second-order valence-corrected chi connectivity index (χ2v) is 5.77. The zero-order chi connectivity index (χ0) is 16.9. The van der Waals surface area contributed by atoms with E-state index in [1.54, 1.807) is 18.1 Å². The third-order valence-electron chi connectivity index (χ3n) is 4.09. The van der Waals surface area contributed by atoms with Crippen LogP contribution in [0.25, 0.3) is 0 Å². The number of rotatable bonds is 4. The van der Waals surface area contributed by atoms with Crippen molar-refractivity contribution >= 4 is 6.03 Å². The molecular weight excluding hydrogens is 310 g/mol. The molecule has 1 N–H and O–H groups in total. The van der Waals surface area contributed by atoms with Crippen molar-refractivity contribution in [3.05, 3.63) is 35.6 Å². The van der Waals surface area contributed by atoms with Crippen molar-refractivity contribution in [2.24, 2.45) is 0 Å². The number of nitrogens with one attached hydrogen (secondary N) is 1. The third kappa shape index (κ3) is 3.81. The maximum atomic E-state index is 12.3. The standard InChI is InChI=1S/C16H21N5O3/c1-11-18-15(24-20-11)12-6-8-21(9-7-12)16(22)17-10-13-4-3-5-14(19-13)23-2/h3-5,12H,6-10H2,1-2H3,(H,17,22). The SMILES string of the molecule is COc1cccc(CNC(=O)N2CCC(c3nc(C)no3)CC2)n1. The Morgan fingerprint density at radius 2 is 2.17 bits per heavy atom. The summed E-state index contributed by atoms with van der Waals surface area (Å²) in [4.78, 5) is 22.6. The van der Waals surface area contributed by atoms with Gasteiger partial charge in [-0.3, -0.25) is 0 Å². The van der Waals surface area contributed by atoms with E-state index in [1.165, 1.54) is 0 Å². The first-order valence-corrected chi connectivity index (χ1v) is 7.98. The minimum absolute atomic E-state index is 0.0835. The molecule has 0 unspecified atom stereocenters. The van der Waals surface area contributed by atoms with E-state index >= 15 is 0 Å². The lowest BCUT2D eigenvalue weighted by molar-refractivity contribution is 0.174. The van der Waals surface area contributed by atoms with Crippen LogP contribution in [0, 0.1) is 6.92 Å². The van der Waals surface area contributed by atoms with E-state index in [2.05, 4.69) is 20.4 Å². The van der Waals surface area contributed by atoms with Crippen molar-refractivity contribution in [2.75, 3.05) is 20.2 Å². The number of pyridine rings is 1. The van der Waals surface area contributed by atoms with Gasteiger partial charge in [0.25, 0.3) is 0 Å². The average molecular weight is 331 g/mol. The molecule has 0 radical (unpaired) electrons. The zero-order valence-electron chi connectivity index (χ0n) is 13.9. The second-order valence-electron chi connectivity index (χ2n) is 5.77. The van der Waals surface area contributed by atoms with E-state index in [-0.39, 0.29) is 11.9 Å². The molecule has 0 aliphatic carbocycles. The van der Waals surface area contributed by atoms with Crippen molar-refractivity contribution in [3.8, 4) is 5.88 Å². The fourth-order valence-corrected chi connectivity index (χ4v) is 2.76. The molecule has 0 saturated carbocycles. The van der Waals surface area contributed by atoms with Crippen LogP contribution in [-0.2, 0) is 6.54 Å². The summed E-state index contributed by atoms with van der Waals surface area (Å²) in [7, 11) is 1.57. The molecule has 8 heteroatoms. The van der Waals surface area contributed by atoms with Crippen molar-refractivity contribution in [3.63, 3.8) is 0 Å². The monoisotopic (exact) mass is 331 g/mol. The van der Waals surface area contributed by atoms with Crippen LogP contribution in [0.3, 0.4) is 0 Å². The Labute approximate surface area is 140 Å². The largest absolute Gasteiger partial charge is 0.481 e. The first kappa shape index (κ1) is 16.2. The normalized spacial score (nSPS) is 15.3. The molecular formula is C16H21N5O3. The minimum Gasteiger partial charge on any atom is -0.481 e. The molecule has 1 aliphatic rings. The fourth-order valence-electron chi connectivity index (χ4n) is 2.76. The second kappa shape index (κ2) is 7.29. The number of carbonyl (C=O) groups is 1. The fraction of sp³-hybridized carbons (Fsp3) is 0.500. The third-order valence-corrected chi connectivity index (χ3v) is 4.09. The van der Waals surface area contributed by atoms with Gasteiger partial charge in [-0.25, -0.2) is 9.78 Å². The first-order chi connectivity index (χ1) is 11.7. The van der Waals surface area contributed by atoms with E-state index in [1.807, 2.05) is 19.1 Å². The van der Waals surface area contributed by atoms with Gasteiger partial charge in [0.15, 0.2) is 5.82 Å². The summed E-state index contributed by atoms with van der Waals surface area (Å²) < 4.78 is 10.3. The molecule has 0 atom stereocenters. The van der Waals surface area contributed by atoms with E-state index in [4.69, 9.17) is 9.26 Å². The molecule has 3 rings (SSSR count). The van der Waals surface area contributed by atoms with Gasteiger partial charge in [0.05, 0.1) is 19.3 Å². The Morgan fingerprint density at radius 3 is 2.83 bits per heavy atom. The van der Waals surface area contributed by atoms with Crippen molar-refractivity contribution in [2.45, 2.75) is 32.2 Å². The minimum atomic E-state index is -0.0835. The molecule has 8 nitrogen and oxygen atoms in total. The van der Waals surface area contributed by atoms with Crippen LogP contribution in [0.2, 0.25) is 0 Å². The highest BCUT2D eigenvalue weighted by Crippen LogP contribution is 2.26. The lowest BCUT2D eigenvalue weighted by atomic mass is 9.97. The van der Waals surface area contributed by atoms with Gasteiger partial charge in [0.1, 0.15) is 0 Å². The Bertz CT molecular complexity index is 695. The molecule has 1 saturated heterocycles. The highest BCUT2D eigenvalue weighted by Gasteiger charge is 2.27. The van der Waals surface area contributed by atoms with E-state index in [0.717, 1.165) is 18.5 Å². The maximum Gasteiger partial charge on any atom is 0.317 e. The molecule has 3 heterocycles. The summed E-state index contributed by atoms with van der Waals surface area (Å²) in [6.45, 7) is 3.52. The van der Waals surface area contributed by atoms with E-state index < -0.39 is 0 Å². The van der Waals surface area contributed by atoms with Gasteiger partial charge in [-0.2, -0.15) is 4.98 Å². The van der Waals surface area contributed by atoms with Crippen LogP contribution in [-0.4, -0.2) is 46.3 Å². The lowest BCUT2D eigenvalue weighted by Crippen LogP contribution is -2.43. The highest BCUT2D eigenvalue weighted by atomic mass is 16.5. The Morgan fingerprint density at radius 1 is 1.38 bits per heavy atom. The predicted octanol–water partition coefficient (Wildman–Crippen LogP) is 1.87. The number of amides is 2. The molecule has 0 spiro atoms. The van der Waals surface area contributed by atoms with Crippen LogP contribution in [0.5, 0.6) is 5.88 Å². The number of urea groups is 1. The Kier molecular flexibility index (Phi) is 4.93. The highest BCUT2D eigenvalue weighted by molar-refractivity contribution is 5.74. The number of aromatic nitrogens is 3. The van der Waals surface area contributed by atoms with Crippen LogP contribution in [0.4, 0.5) is 4.79 Å². The van der Waals surface area contributed by atoms with E-state index in [9.17, 15) is 4.79 Å². The number of piperidine rings is 1. The topological polar surface area (TPSA) is 93.4 Å². The van der Waals surface area contributed by atoms with Crippen LogP contribution in [0.15, 0.2) is 22.7 Å². The summed E-state index contributed by atoms with van der Waals surface area (Å²) in [5.41, 5.74) is 0.763. The number of aryl methyl sites for hydroxylation is 1. The maximum absolute atomic E-state index is 12.3. The number of hydrogen-bond acceptors (Lipinski definition) is 6. The molecule has 2 aromatic heterocycles. The summed E-state index contributed by atoms with van der Waals surface area (Å²) in [5.74, 6) is 2.09. The van der Waals surface area contributed by atoms with Gasteiger partial charge < -0.3 is 19.5 Å². The molecule has 24 heavy (non-hydrogen) atoms. The lowest BCUT2D eigenvalue weighted by Gasteiger charge is -2.30. The van der Waals surface area contributed by atoms with Crippen LogP contribution < -0.4 is 10.1 Å². The predicted molar refractivity (Wildman–Crippen MR) is 85.6 cm³/mol. The summed E-state index contributed by atoms with van der Waals surface area (Å²) in [5, 5.41) is 6.72. The summed E-state index contributed by atoms with van der Waals surface area (Å²) in [6.07, 6.45) is 1.65. The average Bonchev–Trinajstić information content (AvgIpc) is 3.06.